The number of amides is 1. The fraction of sp³-hybridized carbons (Fsp3) is 0.632. The van der Waals surface area contributed by atoms with Gasteiger partial charge in [0.25, 0.3) is 5.91 Å². The third-order valence-corrected chi connectivity index (χ3v) is 7.31. The number of benzene rings is 1. The number of carbonyl (C=O) groups is 1. The number of anilines is 1. The van der Waals surface area contributed by atoms with E-state index >= 15 is 0 Å². The maximum atomic E-state index is 13.8. The summed E-state index contributed by atoms with van der Waals surface area (Å²) >= 11 is 6.08. The van der Waals surface area contributed by atoms with Crippen molar-refractivity contribution in [1.29, 1.82) is 0 Å². The SMILES string of the molecule is CS(=O)(=O)N1CCC(NC(=O)c2ccc(C(F)(F)F)c(Cl)c2N2CCCC(F)(F)CC2)C1. The minimum atomic E-state index is -4.79. The van der Waals surface area contributed by atoms with Crippen LogP contribution in [0.15, 0.2) is 12.1 Å². The number of sulfonamides is 1. The lowest BCUT2D eigenvalue weighted by Gasteiger charge is -2.28. The molecule has 0 saturated carbocycles. The van der Waals surface area contributed by atoms with Gasteiger partial charge in [-0.2, -0.15) is 13.2 Å². The molecule has 1 amide bonds. The van der Waals surface area contributed by atoms with Crippen LogP contribution in [0.25, 0.3) is 0 Å². The van der Waals surface area contributed by atoms with E-state index in [9.17, 15) is 35.2 Å². The highest BCUT2D eigenvalue weighted by molar-refractivity contribution is 7.88. The molecule has 2 heterocycles. The van der Waals surface area contributed by atoms with Crippen LogP contribution in [0.3, 0.4) is 0 Å². The maximum Gasteiger partial charge on any atom is 0.417 e. The van der Waals surface area contributed by atoms with E-state index in [1.54, 1.807) is 0 Å². The van der Waals surface area contributed by atoms with Crippen LogP contribution >= 0.6 is 11.6 Å². The molecule has 32 heavy (non-hydrogen) atoms. The molecular weight excluding hydrogens is 481 g/mol. The summed E-state index contributed by atoms with van der Waals surface area (Å²) in [7, 11) is -3.45. The minimum Gasteiger partial charge on any atom is -0.369 e. The zero-order chi connectivity index (χ0) is 23.9. The summed E-state index contributed by atoms with van der Waals surface area (Å²) < 4.78 is 92.5. The average molecular weight is 504 g/mol. The normalized spacial score (nSPS) is 22.6. The Balaban J connectivity index is 1.93. The average Bonchev–Trinajstić information content (AvgIpc) is 3.05. The maximum absolute atomic E-state index is 13.8. The lowest BCUT2D eigenvalue weighted by molar-refractivity contribution is -0.137. The summed E-state index contributed by atoms with van der Waals surface area (Å²) in [6.45, 7) is -0.0163. The topological polar surface area (TPSA) is 69.7 Å². The van der Waals surface area contributed by atoms with Crippen LogP contribution in [0.5, 0.6) is 0 Å². The van der Waals surface area contributed by atoms with Crippen molar-refractivity contribution in [1.82, 2.24) is 9.62 Å². The highest BCUT2D eigenvalue weighted by Gasteiger charge is 2.39. The number of hydrogen-bond acceptors (Lipinski definition) is 4. The number of carbonyl (C=O) groups excluding carboxylic acids is 1. The zero-order valence-electron chi connectivity index (χ0n) is 17.2. The highest BCUT2D eigenvalue weighted by atomic mass is 35.5. The number of nitrogens with one attached hydrogen (secondary N) is 1. The molecule has 2 aliphatic heterocycles. The van der Waals surface area contributed by atoms with Gasteiger partial charge in [0.2, 0.25) is 15.9 Å². The van der Waals surface area contributed by atoms with E-state index in [1.165, 1.54) is 9.21 Å². The Hall–Kier alpha value is -1.66. The summed E-state index contributed by atoms with van der Waals surface area (Å²) in [5.74, 6) is -3.70. The molecule has 0 spiro atoms. The van der Waals surface area contributed by atoms with Gasteiger partial charge in [-0.3, -0.25) is 4.79 Å². The van der Waals surface area contributed by atoms with Crippen molar-refractivity contribution >= 4 is 33.2 Å². The molecule has 0 radical (unpaired) electrons. The zero-order valence-corrected chi connectivity index (χ0v) is 18.8. The van der Waals surface area contributed by atoms with Crippen molar-refractivity contribution < 1.29 is 35.2 Å². The molecule has 0 aromatic heterocycles. The van der Waals surface area contributed by atoms with Gasteiger partial charge in [0.05, 0.1) is 28.1 Å². The number of halogens is 6. The van der Waals surface area contributed by atoms with Crippen molar-refractivity contribution in [3.05, 3.63) is 28.3 Å². The highest BCUT2D eigenvalue weighted by Crippen LogP contribution is 2.43. The quantitative estimate of drug-likeness (QED) is 0.635. The molecule has 3 rings (SSSR count). The number of rotatable bonds is 4. The summed E-state index contributed by atoms with van der Waals surface area (Å²) in [5, 5.41) is 1.91. The summed E-state index contributed by atoms with van der Waals surface area (Å²) in [5.41, 5.74) is -1.58. The number of nitrogens with zero attached hydrogens (tertiary/aromatic N) is 2. The predicted octanol–water partition coefficient (Wildman–Crippen LogP) is 3.75. The first-order valence-electron chi connectivity index (χ1n) is 9.97. The van der Waals surface area contributed by atoms with Crippen molar-refractivity contribution in [3.8, 4) is 0 Å². The Labute approximate surface area is 187 Å². The molecule has 0 aliphatic carbocycles. The molecule has 2 aliphatic rings. The van der Waals surface area contributed by atoms with E-state index in [0.717, 1.165) is 12.3 Å². The fourth-order valence-electron chi connectivity index (χ4n) is 3.97. The van der Waals surface area contributed by atoms with Crippen LogP contribution in [0.4, 0.5) is 27.6 Å². The Morgan fingerprint density at radius 2 is 1.88 bits per heavy atom. The van der Waals surface area contributed by atoms with Crippen molar-refractivity contribution in [2.45, 2.75) is 43.8 Å². The van der Waals surface area contributed by atoms with Crippen molar-refractivity contribution in [3.63, 3.8) is 0 Å². The largest absolute Gasteiger partial charge is 0.417 e. The van der Waals surface area contributed by atoms with Crippen LogP contribution in [-0.4, -0.2) is 63.0 Å². The van der Waals surface area contributed by atoms with Gasteiger partial charge in [-0.25, -0.2) is 21.5 Å². The second-order valence-corrected chi connectivity index (χ2v) is 10.5. The van der Waals surface area contributed by atoms with Gasteiger partial charge in [0.1, 0.15) is 0 Å². The molecule has 1 aromatic carbocycles. The van der Waals surface area contributed by atoms with Crippen LogP contribution < -0.4 is 10.2 Å². The number of hydrogen-bond donors (Lipinski definition) is 1. The van der Waals surface area contributed by atoms with Gasteiger partial charge in [-0.05, 0) is 25.0 Å². The molecule has 2 saturated heterocycles. The van der Waals surface area contributed by atoms with Gasteiger partial charge in [-0.15, -0.1) is 0 Å². The van der Waals surface area contributed by atoms with Gasteiger partial charge in [-0.1, -0.05) is 11.6 Å². The number of alkyl halides is 5. The van der Waals surface area contributed by atoms with Crippen molar-refractivity contribution in [2.75, 3.05) is 37.3 Å². The van der Waals surface area contributed by atoms with E-state index in [4.69, 9.17) is 11.6 Å². The Kier molecular flexibility index (Phi) is 6.98. The molecule has 1 unspecified atom stereocenters. The molecule has 0 bridgehead atoms. The summed E-state index contributed by atoms with van der Waals surface area (Å²) in [4.78, 5) is 14.2. The Morgan fingerprint density at radius 1 is 1.19 bits per heavy atom. The van der Waals surface area contributed by atoms with Gasteiger partial charge in [0.15, 0.2) is 0 Å². The summed E-state index contributed by atoms with van der Waals surface area (Å²) in [6.07, 6.45) is -4.39. The molecular formula is C19H23ClF5N3O3S. The van der Waals surface area contributed by atoms with E-state index in [2.05, 4.69) is 5.32 Å². The standard InChI is InChI=1S/C19H23ClF5N3O3S/c1-32(30,31)28-9-5-12(11-28)26-17(29)13-3-4-14(19(23,24)25)15(20)16(13)27-8-2-6-18(21,22)7-10-27/h3-4,12H,2,5-11H2,1H3,(H,26,29). The first-order chi connectivity index (χ1) is 14.7. The van der Waals surface area contributed by atoms with E-state index < -0.39 is 57.5 Å². The smallest absolute Gasteiger partial charge is 0.369 e. The second kappa shape index (κ2) is 8.94. The molecule has 6 nitrogen and oxygen atoms in total. The minimum absolute atomic E-state index is 0.0161. The van der Waals surface area contributed by atoms with Crippen molar-refractivity contribution in [2.24, 2.45) is 0 Å². The monoisotopic (exact) mass is 503 g/mol. The Morgan fingerprint density at radius 3 is 2.47 bits per heavy atom. The van der Waals surface area contributed by atoms with E-state index in [1.807, 2.05) is 0 Å². The molecule has 1 atom stereocenters. The molecule has 1 aromatic rings. The van der Waals surface area contributed by atoms with Gasteiger partial charge in [0, 0.05) is 45.1 Å². The first-order valence-corrected chi connectivity index (χ1v) is 12.2. The van der Waals surface area contributed by atoms with Gasteiger partial charge < -0.3 is 10.2 Å². The third kappa shape index (κ3) is 5.63. The fourth-order valence-corrected chi connectivity index (χ4v) is 5.25. The molecule has 2 fully saturated rings. The molecule has 13 heteroatoms. The predicted molar refractivity (Wildman–Crippen MR) is 110 cm³/mol. The second-order valence-electron chi connectivity index (χ2n) is 8.10. The molecule has 180 valence electrons. The van der Waals surface area contributed by atoms with E-state index in [-0.39, 0.29) is 43.9 Å². The first kappa shape index (κ1) is 25.0. The molecule has 1 N–H and O–H groups in total. The van der Waals surface area contributed by atoms with Crippen LogP contribution in [0.1, 0.15) is 41.6 Å². The third-order valence-electron chi connectivity index (χ3n) is 5.66. The summed E-state index contributed by atoms with van der Waals surface area (Å²) in [6, 6.07) is 1.12. The Bertz CT molecular complexity index is 987. The van der Waals surface area contributed by atoms with Gasteiger partial charge >= 0.3 is 6.18 Å². The van der Waals surface area contributed by atoms with E-state index in [0.29, 0.717) is 12.5 Å². The van der Waals surface area contributed by atoms with Crippen LogP contribution in [-0.2, 0) is 16.2 Å². The van der Waals surface area contributed by atoms with Crippen LogP contribution in [0, 0.1) is 0 Å². The lowest BCUT2D eigenvalue weighted by Crippen LogP contribution is -2.39. The lowest BCUT2D eigenvalue weighted by atomic mass is 10.0. The van der Waals surface area contributed by atoms with Crippen LogP contribution in [0.2, 0.25) is 5.02 Å².